The Morgan fingerprint density at radius 2 is 2.25 bits per heavy atom. The van der Waals surface area contributed by atoms with Crippen LogP contribution in [0.3, 0.4) is 0 Å². The zero-order valence-electron chi connectivity index (χ0n) is 9.23. The minimum Gasteiger partial charge on any atom is -0.350 e. The molecule has 0 unspecified atom stereocenters. The van der Waals surface area contributed by atoms with E-state index in [1.54, 1.807) is 30.7 Å². The third-order valence-corrected chi connectivity index (χ3v) is 1.75. The first-order valence-corrected chi connectivity index (χ1v) is 4.95. The number of nitrogens with zero attached hydrogens (tertiary/aromatic N) is 1. The molecule has 4 nitrogen and oxygen atoms in total. The Labute approximate surface area is 94.4 Å². The van der Waals surface area contributed by atoms with Gasteiger partial charge in [0.1, 0.15) is 0 Å². The molecule has 0 spiro atoms. The lowest BCUT2D eigenvalue weighted by atomic mass is 10.2. The van der Waals surface area contributed by atoms with Crippen LogP contribution >= 0.6 is 0 Å². The molecular formula is C12H13N2O2. The second-order valence-corrected chi connectivity index (χ2v) is 3.54. The molecule has 1 amide bonds. The molecular weight excluding hydrogens is 204 g/mol. The van der Waals surface area contributed by atoms with Gasteiger partial charge in [0.15, 0.2) is 0 Å². The standard InChI is InChI=1S/C12H13N2O2/c1-9(2)14-12(16)10(8-15)7-11-5-3-4-6-13-11/h3-7,9H,1-2H3,(H,14,16)/b10-7+. The zero-order valence-corrected chi connectivity index (χ0v) is 9.23. The molecule has 1 aromatic rings. The van der Waals surface area contributed by atoms with E-state index in [1.165, 1.54) is 6.08 Å². The van der Waals surface area contributed by atoms with Crippen LogP contribution in [0.25, 0.3) is 6.08 Å². The van der Waals surface area contributed by atoms with Crippen LogP contribution in [0.1, 0.15) is 19.5 Å². The average molecular weight is 217 g/mol. The van der Waals surface area contributed by atoms with Gasteiger partial charge in [-0.3, -0.25) is 14.6 Å². The molecule has 0 saturated carbocycles. The third-order valence-electron chi connectivity index (χ3n) is 1.75. The van der Waals surface area contributed by atoms with E-state index in [0.717, 1.165) is 0 Å². The van der Waals surface area contributed by atoms with Crippen molar-refractivity contribution in [2.75, 3.05) is 0 Å². The fourth-order valence-electron chi connectivity index (χ4n) is 1.09. The average Bonchev–Trinajstić information content (AvgIpc) is 2.26. The van der Waals surface area contributed by atoms with E-state index in [2.05, 4.69) is 10.3 Å². The first-order valence-electron chi connectivity index (χ1n) is 4.95. The van der Waals surface area contributed by atoms with E-state index in [0.29, 0.717) is 5.69 Å². The van der Waals surface area contributed by atoms with Gasteiger partial charge in [0.05, 0.1) is 11.3 Å². The van der Waals surface area contributed by atoms with Crippen LogP contribution in [-0.2, 0) is 9.59 Å². The number of nitrogens with one attached hydrogen (secondary N) is 1. The molecule has 1 radical (unpaired) electrons. The van der Waals surface area contributed by atoms with Gasteiger partial charge >= 0.3 is 0 Å². The Hall–Kier alpha value is -1.97. The van der Waals surface area contributed by atoms with Crippen molar-refractivity contribution in [1.82, 2.24) is 10.3 Å². The first-order chi connectivity index (χ1) is 7.63. The predicted molar refractivity (Wildman–Crippen MR) is 61.2 cm³/mol. The van der Waals surface area contributed by atoms with Crippen molar-refractivity contribution in [3.63, 3.8) is 0 Å². The Balaban J connectivity index is 2.86. The number of amides is 1. The molecule has 0 aliphatic rings. The number of rotatable bonds is 4. The van der Waals surface area contributed by atoms with E-state index in [-0.39, 0.29) is 11.6 Å². The highest BCUT2D eigenvalue weighted by atomic mass is 16.2. The second-order valence-electron chi connectivity index (χ2n) is 3.54. The monoisotopic (exact) mass is 217 g/mol. The molecule has 16 heavy (non-hydrogen) atoms. The summed E-state index contributed by atoms with van der Waals surface area (Å²) in [5.41, 5.74) is 0.507. The summed E-state index contributed by atoms with van der Waals surface area (Å²) >= 11 is 0. The molecule has 0 aliphatic carbocycles. The molecule has 0 fully saturated rings. The molecule has 0 aliphatic heterocycles. The summed E-state index contributed by atoms with van der Waals surface area (Å²) in [5, 5.41) is 2.62. The van der Waals surface area contributed by atoms with Gasteiger partial charge in [0.25, 0.3) is 5.91 Å². The predicted octanol–water partition coefficient (Wildman–Crippen LogP) is 1.10. The zero-order chi connectivity index (χ0) is 12.0. The molecule has 4 heteroatoms. The van der Waals surface area contributed by atoms with E-state index in [4.69, 9.17) is 0 Å². The molecule has 0 saturated heterocycles. The minimum atomic E-state index is -0.435. The van der Waals surface area contributed by atoms with Gasteiger partial charge in [-0.15, -0.1) is 0 Å². The summed E-state index contributed by atoms with van der Waals surface area (Å²) in [5.74, 6) is -0.435. The summed E-state index contributed by atoms with van der Waals surface area (Å²) in [7, 11) is 0. The lowest BCUT2D eigenvalue weighted by molar-refractivity contribution is -0.117. The van der Waals surface area contributed by atoms with Gasteiger partial charge in [-0.05, 0) is 32.1 Å². The molecule has 0 bridgehead atoms. The van der Waals surface area contributed by atoms with Gasteiger partial charge in [0, 0.05) is 12.2 Å². The Morgan fingerprint density at radius 1 is 1.50 bits per heavy atom. The highest BCUT2D eigenvalue weighted by Crippen LogP contribution is 2.02. The number of pyridine rings is 1. The molecule has 1 heterocycles. The van der Waals surface area contributed by atoms with Gasteiger partial charge in [-0.2, -0.15) is 0 Å². The maximum Gasteiger partial charge on any atom is 0.255 e. The number of carbonyl (C=O) groups excluding carboxylic acids is 2. The van der Waals surface area contributed by atoms with Crippen molar-refractivity contribution in [1.29, 1.82) is 0 Å². The number of aromatic nitrogens is 1. The van der Waals surface area contributed by atoms with Crippen LogP contribution in [0.15, 0.2) is 30.0 Å². The van der Waals surface area contributed by atoms with Crippen LogP contribution in [0.4, 0.5) is 0 Å². The lowest BCUT2D eigenvalue weighted by Gasteiger charge is -2.06. The van der Waals surface area contributed by atoms with Crippen LogP contribution in [0, 0.1) is 0 Å². The number of hydrogen-bond acceptors (Lipinski definition) is 3. The van der Waals surface area contributed by atoms with Gasteiger partial charge in [0.2, 0.25) is 6.29 Å². The van der Waals surface area contributed by atoms with Crippen molar-refractivity contribution in [3.8, 4) is 0 Å². The minimum absolute atomic E-state index is 0.0204. The Bertz CT molecular complexity index is 397. The quantitative estimate of drug-likeness (QED) is 0.466. The maximum absolute atomic E-state index is 11.5. The summed E-state index contributed by atoms with van der Waals surface area (Å²) < 4.78 is 0. The van der Waals surface area contributed by atoms with Gasteiger partial charge in [-0.25, -0.2) is 0 Å². The van der Waals surface area contributed by atoms with Crippen LogP contribution in [-0.4, -0.2) is 23.2 Å². The summed E-state index contributed by atoms with van der Waals surface area (Å²) in [6.07, 6.45) is 4.61. The topological polar surface area (TPSA) is 59.1 Å². The molecule has 0 aromatic carbocycles. The summed E-state index contributed by atoms with van der Waals surface area (Å²) in [6.45, 7) is 3.64. The highest BCUT2D eigenvalue weighted by molar-refractivity contribution is 6.14. The first kappa shape index (κ1) is 12.1. The highest BCUT2D eigenvalue weighted by Gasteiger charge is 2.10. The molecule has 83 valence electrons. The Morgan fingerprint density at radius 3 is 2.75 bits per heavy atom. The van der Waals surface area contributed by atoms with Crippen LogP contribution in [0.5, 0.6) is 0 Å². The van der Waals surface area contributed by atoms with E-state index >= 15 is 0 Å². The van der Waals surface area contributed by atoms with E-state index in [9.17, 15) is 9.59 Å². The van der Waals surface area contributed by atoms with Gasteiger partial charge in [-0.1, -0.05) is 6.07 Å². The molecule has 1 aromatic heterocycles. The van der Waals surface area contributed by atoms with Crippen molar-refractivity contribution in [3.05, 3.63) is 35.7 Å². The third kappa shape index (κ3) is 3.65. The van der Waals surface area contributed by atoms with Crippen LogP contribution in [0.2, 0.25) is 0 Å². The van der Waals surface area contributed by atoms with Crippen molar-refractivity contribution in [2.24, 2.45) is 0 Å². The van der Waals surface area contributed by atoms with E-state index in [1.807, 2.05) is 13.8 Å². The fraction of sp³-hybridized carbons (Fsp3) is 0.250. The van der Waals surface area contributed by atoms with Crippen molar-refractivity contribution >= 4 is 18.3 Å². The summed E-state index contributed by atoms with van der Waals surface area (Å²) in [4.78, 5) is 26.2. The smallest absolute Gasteiger partial charge is 0.255 e. The Kier molecular flexibility index (Phi) is 4.39. The largest absolute Gasteiger partial charge is 0.350 e. The summed E-state index contributed by atoms with van der Waals surface area (Å²) in [6, 6.07) is 5.23. The normalized spacial score (nSPS) is 11.3. The van der Waals surface area contributed by atoms with Crippen molar-refractivity contribution in [2.45, 2.75) is 19.9 Å². The number of carbonyl (C=O) groups is 1. The lowest BCUT2D eigenvalue weighted by Crippen LogP contribution is -2.31. The fourth-order valence-corrected chi connectivity index (χ4v) is 1.09. The SMILES string of the molecule is CC(C)NC(=O)/C([C]=O)=C/c1ccccn1. The second kappa shape index (κ2) is 5.80. The maximum atomic E-state index is 11.5. The molecule has 1 N–H and O–H groups in total. The van der Waals surface area contributed by atoms with E-state index < -0.39 is 5.91 Å². The molecule has 0 atom stereocenters. The van der Waals surface area contributed by atoms with Crippen molar-refractivity contribution < 1.29 is 9.59 Å². The van der Waals surface area contributed by atoms with Gasteiger partial charge < -0.3 is 5.32 Å². The van der Waals surface area contributed by atoms with Crippen LogP contribution < -0.4 is 5.32 Å². The number of hydrogen-bond donors (Lipinski definition) is 1. The molecule has 1 rings (SSSR count).